The van der Waals surface area contributed by atoms with Gasteiger partial charge in [-0.15, -0.1) is 0 Å². The normalized spacial score (nSPS) is 12.8. The van der Waals surface area contributed by atoms with Crippen molar-refractivity contribution < 1.29 is 18.7 Å². The quantitative estimate of drug-likeness (QED) is 0.309. The first kappa shape index (κ1) is 25.7. The lowest BCUT2D eigenvalue weighted by Gasteiger charge is -2.12. The zero-order valence-corrected chi connectivity index (χ0v) is 21.5. The van der Waals surface area contributed by atoms with Crippen LogP contribution in [-0.2, 0) is 13.1 Å². The number of anilines is 1. The number of allylic oxidation sites excluding steroid dienone is 2. The first-order chi connectivity index (χ1) is 18.9. The molecule has 0 saturated carbocycles. The molecule has 0 radical (unpaired) electrons. The predicted molar refractivity (Wildman–Crippen MR) is 148 cm³/mol. The molecular formula is C29H26FN5O4. The number of rotatable bonds is 8. The lowest BCUT2D eigenvalue weighted by Crippen LogP contribution is -2.25. The molecule has 0 aliphatic carbocycles. The third kappa shape index (κ3) is 4.96. The van der Waals surface area contributed by atoms with E-state index < -0.39 is 17.3 Å². The maximum Gasteiger partial charge on any atom is 0.280 e. The Morgan fingerprint density at radius 2 is 1.97 bits per heavy atom. The SMILES string of the molecule is C=C(C=N/C=C\C)c1c(C(=O)Nc2ccc(Oc3ccnc4cc(OC)ccc34)c(F)c2)c(=O)n2n1CCC2. The Balaban J connectivity index is 1.40. The molecule has 1 amide bonds. The Bertz CT molecular complexity index is 1720. The van der Waals surface area contributed by atoms with E-state index in [1.165, 1.54) is 23.0 Å². The van der Waals surface area contributed by atoms with Crippen LogP contribution in [-0.4, -0.2) is 33.6 Å². The third-order valence-corrected chi connectivity index (χ3v) is 6.29. The minimum absolute atomic E-state index is 0.0338. The van der Waals surface area contributed by atoms with Crippen LogP contribution in [0.1, 0.15) is 29.4 Å². The van der Waals surface area contributed by atoms with Crippen molar-refractivity contribution in [1.29, 1.82) is 0 Å². The smallest absolute Gasteiger partial charge is 0.280 e. The highest BCUT2D eigenvalue weighted by molar-refractivity contribution is 6.15. The van der Waals surface area contributed by atoms with E-state index in [0.29, 0.717) is 46.8 Å². The number of hydrogen-bond donors (Lipinski definition) is 1. The van der Waals surface area contributed by atoms with Gasteiger partial charge in [-0.2, -0.15) is 0 Å². The second-order valence-electron chi connectivity index (χ2n) is 8.81. The molecule has 0 atom stereocenters. The van der Waals surface area contributed by atoms with Crippen LogP contribution in [0.4, 0.5) is 10.1 Å². The van der Waals surface area contributed by atoms with Crippen LogP contribution in [0.5, 0.6) is 17.2 Å². The van der Waals surface area contributed by atoms with Gasteiger partial charge in [0.05, 0.1) is 18.3 Å². The van der Waals surface area contributed by atoms with Crippen LogP contribution in [0.3, 0.4) is 0 Å². The minimum atomic E-state index is -0.689. The largest absolute Gasteiger partial charge is 0.497 e. The molecule has 5 rings (SSSR count). The summed E-state index contributed by atoms with van der Waals surface area (Å²) in [5.74, 6) is -0.327. The summed E-state index contributed by atoms with van der Waals surface area (Å²) in [7, 11) is 1.56. The summed E-state index contributed by atoms with van der Waals surface area (Å²) in [4.78, 5) is 34.8. The molecule has 2 aromatic heterocycles. The van der Waals surface area contributed by atoms with Gasteiger partial charge < -0.3 is 14.8 Å². The fraction of sp³-hybridized carbons (Fsp3) is 0.172. The summed E-state index contributed by atoms with van der Waals surface area (Å²) in [6, 6.07) is 11.0. The molecule has 0 fully saturated rings. The average molecular weight is 528 g/mol. The Morgan fingerprint density at radius 3 is 2.74 bits per heavy atom. The Kier molecular flexibility index (Phi) is 7.09. The summed E-state index contributed by atoms with van der Waals surface area (Å²) < 4.78 is 29.4. The van der Waals surface area contributed by atoms with Gasteiger partial charge in [-0.3, -0.25) is 24.2 Å². The average Bonchev–Trinajstić information content (AvgIpc) is 3.52. The molecule has 1 N–H and O–H groups in total. The van der Waals surface area contributed by atoms with Gasteiger partial charge in [0.25, 0.3) is 11.5 Å². The molecule has 0 unspecified atom stereocenters. The predicted octanol–water partition coefficient (Wildman–Crippen LogP) is 5.41. The summed E-state index contributed by atoms with van der Waals surface area (Å²) >= 11 is 0. The summed E-state index contributed by atoms with van der Waals surface area (Å²) in [5.41, 5.74) is 1.13. The van der Waals surface area contributed by atoms with E-state index >= 15 is 4.39 Å². The van der Waals surface area contributed by atoms with E-state index in [4.69, 9.17) is 9.47 Å². The Hall–Kier alpha value is -4.99. The number of aromatic nitrogens is 3. The highest BCUT2D eigenvalue weighted by Gasteiger charge is 2.29. The van der Waals surface area contributed by atoms with Crippen molar-refractivity contribution in [2.45, 2.75) is 26.4 Å². The van der Waals surface area contributed by atoms with Crippen molar-refractivity contribution in [1.82, 2.24) is 14.3 Å². The molecule has 9 nitrogen and oxygen atoms in total. The number of methoxy groups -OCH3 is 1. The number of ether oxygens (including phenoxy) is 2. The van der Waals surface area contributed by atoms with Crippen LogP contribution in [0.15, 0.2) is 77.3 Å². The Labute approximate surface area is 223 Å². The van der Waals surface area contributed by atoms with Crippen LogP contribution in [0.2, 0.25) is 0 Å². The first-order valence-electron chi connectivity index (χ1n) is 12.3. The number of halogens is 1. The number of hydrogen-bond acceptors (Lipinski definition) is 6. The molecule has 0 bridgehead atoms. The van der Waals surface area contributed by atoms with Gasteiger partial charge >= 0.3 is 0 Å². The van der Waals surface area contributed by atoms with Gasteiger partial charge in [0, 0.05) is 60.5 Å². The van der Waals surface area contributed by atoms with Crippen LogP contribution in [0.25, 0.3) is 16.5 Å². The number of aliphatic imine (C=N–C) groups is 1. The lowest BCUT2D eigenvalue weighted by atomic mass is 10.1. The molecule has 39 heavy (non-hydrogen) atoms. The van der Waals surface area contributed by atoms with Crippen LogP contribution in [0, 0.1) is 5.82 Å². The van der Waals surface area contributed by atoms with E-state index in [0.717, 1.165) is 12.5 Å². The molecule has 4 aromatic rings. The monoisotopic (exact) mass is 527 g/mol. The number of carbonyl (C=O) groups excluding carboxylic acids is 1. The van der Waals surface area contributed by atoms with E-state index in [2.05, 4.69) is 21.9 Å². The van der Waals surface area contributed by atoms with Gasteiger partial charge in [0.2, 0.25) is 0 Å². The Morgan fingerprint density at radius 1 is 1.15 bits per heavy atom. The van der Waals surface area contributed by atoms with Crippen molar-refractivity contribution in [3.63, 3.8) is 0 Å². The van der Waals surface area contributed by atoms with Crippen molar-refractivity contribution in [2.24, 2.45) is 4.99 Å². The summed E-state index contributed by atoms with van der Waals surface area (Å²) in [6.45, 7) is 6.91. The lowest BCUT2D eigenvalue weighted by molar-refractivity contribution is 0.102. The number of nitrogens with one attached hydrogen (secondary N) is 1. The van der Waals surface area contributed by atoms with E-state index in [-0.39, 0.29) is 17.0 Å². The van der Waals surface area contributed by atoms with Crippen molar-refractivity contribution in [2.75, 3.05) is 12.4 Å². The molecular weight excluding hydrogens is 501 g/mol. The second kappa shape index (κ2) is 10.8. The van der Waals surface area contributed by atoms with E-state index in [9.17, 15) is 9.59 Å². The highest BCUT2D eigenvalue weighted by atomic mass is 19.1. The molecule has 2 aromatic carbocycles. The van der Waals surface area contributed by atoms with Crippen molar-refractivity contribution >= 4 is 34.3 Å². The fourth-order valence-electron chi connectivity index (χ4n) is 4.52. The topological polar surface area (TPSA) is 99.7 Å². The van der Waals surface area contributed by atoms with Gasteiger partial charge in [-0.1, -0.05) is 12.7 Å². The number of benzene rings is 2. The number of pyridine rings is 1. The molecule has 1 aliphatic heterocycles. The molecule has 198 valence electrons. The van der Waals surface area contributed by atoms with Gasteiger partial charge in [0.15, 0.2) is 11.6 Å². The number of amides is 1. The van der Waals surface area contributed by atoms with Gasteiger partial charge in [-0.25, -0.2) is 9.07 Å². The van der Waals surface area contributed by atoms with Gasteiger partial charge in [0.1, 0.15) is 17.1 Å². The first-order valence-corrected chi connectivity index (χ1v) is 12.3. The molecule has 0 saturated heterocycles. The van der Waals surface area contributed by atoms with Crippen LogP contribution >= 0.6 is 0 Å². The number of nitrogens with zero attached hydrogens (tertiary/aromatic N) is 4. The van der Waals surface area contributed by atoms with E-state index in [1.54, 1.807) is 54.5 Å². The number of fused-ring (bicyclic) bond motifs is 2. The molecule has 10 heteroatoms. The van der Waals surface area contributed by atoms with E-state index in [1.807, 2.05) is 6.92 Å². The maximum atomic E-state index is 15.1. The zero-order chi connectivity index (χ0) is 27.5. The fourth-order valence-corrected chi connectivity index (χ4v) is 4.52. The minimum Gasteiger partial charge on any atom is -0.497 e. The van der Waals surface area contributed by atoms with Crippen LogP contribution < -0.4 is 20.3 Å². The summed E-state index contributed by atoms with van der Waals surface area (Å²) in [5, 5.41) is 3.32. The standard InChI is InChI=1S/C29H26FN5O4/c1-4-11-31-17-18(2)27-26(29(37)35-14-5-13-34(27)35)28(36)33-19-6-9-25(22(30)15-19)39-24-10-12-32-23-16-20(38-3)7-8-21(23)24/h4,6-12,15-17H,2,5,13-14H2,1,3H3,(H,33,36)/b11-4-,31-17?. The number of carbonyl (C=O) groups is 1. The van der Waals surface area contributed by atoms with Crippen molar-refractivity contribution in [3.05, 3.63) is 94.9 Å². The summed E-state index contributed by atoms with van der Waals surface area (Å²) in [6.07, 6.45) is 7.18. The molecule has 3 heterocycles. The zero-order valence-electron chi connectivity index (χ0n) is 21.5. The third-order valence-electron chi connectivity index (χ3n) is 6.29. The maximum absolute atomic E-state index is 15.1. The van der Waals surface area contributed by atoms with Crippen molar-refractivity contribution in [3.8, 4) is 17.2 Å². The molecule has 0 spiro atoms. The second-order valence-corrected chi connectivity index (χ2v) is 8.81. The van der Waals surface area contributed by atoms with Gasteiger partial charge in [-0.05, 0) is 43.7 Å². The highest BCUT2D eigenvalue weighted by Crippen LogP contribution is 2.33. The molecule has 1 aliphatic rings.